The summed E-state index contributed by atoms with van der Waals surface area (Å²) in [5.74, 6) is -2.65. The highest BCUT2D eigenvalue weighted by molar-refractivity contribution is 6.30. The number of carbonyl (C=O) groups excluding carboxylic acids is 3. The second kappa shape index (κ2) is 12.2. The van der Waals surface area contributed by atoms with Crippen molar-refractivity contribution in [2.45, 2.75) is 38.1 Å². The Balaban J connectivity index is 1.28. The Morgan fingerprint density at radius 1 is 1.18 bits per heavy atom. The number of amides is 2. The van der Waals surface area contributed by atoms with Crippen molar-refractivity contribution in [3.05, 3.63) is 96.2 Å². The zero-order chi connectivity index (χ0) is 31.8. The molecule has 0 aliphatic carbocycles. The topological polar surface area (TPSA) is 169 Å². The smallest absolute Gasteiger partial charge is 0.451 e. The standard InChI is InChI=1S/C29H24ClFN4O10/c30-18-4-1-3-15(22(18)31)13-32-26(37)21-19-9-10-20-28-33(11-2-12-42-28)27(38)23(34(19)20)25(24(21)36)43-14-44-29(39)45-17-7-5-16(6-8-17)35(40)41/h1,3-8,20,28H,2,9-14H2,(H,32,37)/t20-,28+/m1/s1. The lowest BCUT2D eigenvalue weighted by molar-refractivity contribution is -0.384. The second-order valence-electron chi connectivity index (χ2n) is 10.3. The Morgan fingerprint density at radius 2 is 1.96 bits per heavy atom. The summed E-state index contributed by atoms with van der Waals surface area (Å²) in [6, 6.07) is 8.53. The monoisotopic (exact) mass is 642 g/mol. The van der Waals surface area contributed by atoms with Crippen molar-refractivity contribution in [1.82, 2.24) is 14.8 Å². The van der Waals surface area contributed by atoms with Gasteiger partial charge in [0.25, 0.3) is 17.5 Å². The molecule has 1 N–H and O–H groups in total. The lowest BCUT2D eigenvalue weighted by Crippen LogP contribution is -2.55. The van der Waals surface area contributed by atoms with E-state index >= 15 is 0 Å². The van der Waals surface area contributed by atoms with Crippen molar-refractivity contribution in [2.75, 3.05) is 19.9 Å². The molecule has 3 aliphatic heterocycles. The molecule has 0 saturated carbocycles. The van der Waals surface area contributed by atoms with E-state index in [1.807, 2.05) is 0 Å². The highest BCUT2D eigenvalue weighted by Gasteiger charge is 2.48. The summed E-state index contributed by atoms with van der Waals surface area (Å²) in [6.07, 6.45) is -0.541. The molecule has 3 aromatic rings. The summed E-state index contributed by atoms with van der Waals surface area (Å²) in [7, 11) is 0. The number of nitro benzene ring substituents is 1. The molecule has 45 heavy (non-hydrogen) atoms. The molecule has 2 atom stereocenters. The third-order valence-corrected chi connectivity index (χ3v) is 8.03. The molecule has 14 nitrogen and oxygen atoms in total. The maximum absolute atomic E-state index is 14.5. The molecule has 1 fully saturated rings. The fourth-order valence-electron chi connectivity index (χ4n) is 5.76. The predicted octanol–water partition coefficient (Wildman–Crippen LogP) is 3.72. The molecule has 6 rings (SSSR count). The first-order chi connectivity index (χ1) is 21.7. The van der Waals surface area contributed by atoms with E-state index < -0.39 is 59.0 Å². The predicted molar refractivity (Wildman–Crippen MR) is 152 cm³/mol. The Kier molecular flexibility index (Phi) is 8.12. The van der Waals surface area contributed by atoms with Crippen LogP contribution in [0.3, 0.4) is 0 Å². The summed E-state index contributed by atoms with van der Waals surface area (Å²) in [5, 5.41) is 13.3. The molecule has 3 aliphatic rings. The van der Waals surface area contributed by atoms with Gasteiger partial charge in [0.15, 0.2) is 11.9 Å². The maximum Gasteiger partial charge on any atom is 0.516 e. The first-order valence-electron chi connectivity index (χ1n) is 13.8. The van der Waals surface area contributed by atoms with Gasteiger partial charge < -0.3 is 33.7 Å². The Bertz CT molecular complexity index is 1780. The molecule has 2 amide bonds. The fourth-order valence-corrected chi connectivity index (χ4v) is 5.95. The van der Waals surface area contributed by atoms with Crippen LogP contribution in [0.2, 0.25) is 5.02 Å². The molecule has 4 heterocycles. The lowest BCUT2D eigenvalue weighted by Gasteiger charge is -2.44. The molecule has 16 heteroatoms. The normalized spacial score (nSPS) is 18.1. The van der Waals surface area contributed by atoms with Crippen LogP contribution in [0.5, 0.6) is 11.5 Å². The number of rotatable bonds is 8. The number of aromatic nitrogens is 1. The first kappa shape index (κ1) is 30.0. The number of nitrogens with one attached hydrogen (secondary N) is 1. The van der Waals surface area contributed by atoms with Crippen molar-refractivity contribution in [2.24, 2.45) is 0 Å². The van der Waals surface area contributed by atoms with Crippen molar-refractivity contribution in [3.8, 4) is 11.5 Å². The number of nitrogens with zero attached hydrogens (tertiary/aromatic N) is 3. The third kappa shape index (κ3) is 5.55. The number of benzene rings is 2. The fraction of sp³-hybridized carbons (Fsp3) is 0.310. The molecule has 0 bridgehead atoms. The zero-order valence-electron chi connectivity index (χ0n) is 23.3. The number of ether oxygens (including phenoxy) is 4. The molecular weight excluding hydrogens is 619 g/mol. The first-order valence-corrected chi connectivity index (χ1v) is 14.2. The molecule has 1 saturated heterocycles. The Hall–Kier alpha value is -5.02. The molecular formula is C29H24ClFN4O10. The molecule has 2 aromatic carbocycles. The summed E-state index contributed by atoms with van der Waals surface area (Å²) < 4.78 is 37.5. The van der Waals surface area contributed by atoms with Crippen LogP contribution < -0.4 is 20.2 Å². The summed E-state index contributed by atoms with van der Waals surface area (Å²) in [4.78, 5) is 65.0. The van der Waals surface area contributed by atoms with Crippen LogP contribution in [0.15, 0.2) is 47.3 Å². The van der Waals surface area contributed by atoms with E-state index in [0.717, 1.165) is 12.1 Å². The van der Waals surface area contributed by atoms with Crippen LogP contribution in [0.1, 0.15) is 51.0 Å². The quantitative estimate of drug-likeness (QED) is 0.126. The average molecular weight is 643 g/mol. The van der Waals surface area contributed by atoms with Crippen LogP contribution >= 0.6 is 11.6 Å². The van der Waals surface area contributed by atoms with Crippen LogP contribution in [-0.2, 0) is 22.4 Å². The molecule has 0 radical (unpaired) electrons. The van der Waals surface area contributed by atoms with Gasteiger partial charge in [-0.3, -0.25) is 24.5 Å². The van der Waals surface area contributed by atoms with E-state index in [9.17, 15) is 33.7 Å². The highest BCUT2D eigenvalue weighted by atomic mass is 35.5. The number of pyridine rings is 1. The number of nitro groups is 1. The average Bonchev–Trinajstić information content (AvgIpc) is 3.46. The summed E-state index contributed by atoms with van der Waals surface area (Å²) >= 11 is 5.85. The van der Waals surface area contributed by atoms with Gasteiger partial charge in [0.2, 0.25) is 18.0 Å². The Morgan fingerprint density at radius 3 is 2.71 bits per heavy atom. The number of non-ortho nitro benzene ring substituents is 1. The van der Waals surface area contributed by atoms with Crippen LogP contribution in [0.4, 0.5) is 14.9 Å². The Labute approximate surface area is 258 Å². The number of hydrogen-bond acceptors (Lipinski definition) is 10. The molecule has 0 unspecified atom stereocenters. The minimum absolute atomic E-state index is 0.0532. The van der Waals surface area contributed by atoms with E-state index in [1.54, 1.807) is 4.57 Å². The zero-order valence-corrected chi connectivity index (χ0v) is 24.1. The SMILES string of the molecule is O=C(OCOc1c2n3c(c(C(=O)NCc4cccc(Cl)c4F)c1=O)CC[C@@H]3[C@@H]1OCCCN1C2=O)Oc1ccc([N+](=O)[O-])cc1. The van der Waals surface area contributed by atoms with E-state index in [2.05, 4.69) is 5.32 Å². The van der Waals surface area contributed by atoms with Gasteiger partial charge in [0, 0.05) is 36.5 Å². The van der Waals surface area contributed by atoms with Gasteiger partial charge >= 0.3 is 6.16 Å². The third-order valence-electron chi connectivity index (χ3n) is 7.74. The van der Waals surface area contributed by atoms with E-state index in [0.29, 0.717) is 31.7 Å². The minimum atomic E-state index is -1.26. The van der Waals surface area contributed by atoms with Crippen molar-refractivity contribution >= 4 is 35.3 Å². The van der Waals surface area contributed by atoms with Gasteiger partial charge in [-0.1, -0.05) is 23.7 Å². The maximum atomic E-state index is 14.5. The molecule has 234 valence electrons. The van der Waals surface area contributed by atoms with Gasteiger partial charge in [-0.15, -0.1) is 0 Å². The molecule has 1 aromatic heterocycles. The van der Waals surface area contributed by atoms with E-state index in [1.165, 1.54) is 35.2 Å². The molecule has 0 spiro atoms. The van der Waals surface area contributed by atoms with Crippen LogP contribution in [-0.4, -0.2) is 58.5 Å². The van der Waals surface area contributed by atoms with Crippen LogP contribution in [0, 0.1) is 15.9 Å². The number of fused-ring (bicyclic) bond motifs is 2. The van der Waals surface area contributed by atoms with Gasteiger partial charge in [-0.2, -0.15) is 0 Å². The highest BCUT2D eigenvalue weighted by Crippen LogP contribution is 2.42. The second-order valence-corrected chi connectivity index (χ2v) is 10.7. The van der Waals surface area contributed by atoms with E-state index in [-0.39, 0.29) is 46.2 Å². The number of hydrogen-bond donors (Lipinski definition) is 1. The van der Waals surface area contributed by atoms with Gasteiger partial charge in [-0.05, 0) is 37.5 Å². The number of halogens is 2. The summed E-state index contributed by atoms with van der Waals surface area (Å²) in [6.45, 7) is -0.335. The van der Waals surface area contributed by atoms with Crippen LogP contribution in [0.25, 0.3) is 0 Å². The van der Waals surface area contributed by atoms with Gasteiger partial charge in [-0.25, -0.2) is 9.18 Å². The largest absolute Gasteiger partial charge is 0.516 e. The van der Waals surface area contributed by atoms with Crippen molar-refractivity contribution < 1.29 is 42.6 Å². The van der Waals surface area contributed by atoms with Gasteiger partial charge in [0.1, 0.15) is 17.1 Å². The minimum Gasteiger partial charge on any atom is -0.451 e. The van der Waals surface area contributed by atoms with Gasteiger partial charge in [0.05, 0.1) is 22.6 Å². The van der Waals surface area contributed by atoms with Crippen molar-refractivity contribution in [1.29, 1.82) is 0 Å². The van der Waals surface area contributed by atoms with Crippen molar-refractivity contribution in [3.63, 3.8) is 0 Å². The van der Waals surface area contributed by atoms with E-state index in [4.69, 9.17) is 30.5 Å². The summed E-state index contributed by atoms with van der Waals surface area (Å²) in [5.41, 5.74) is -1.14. The number of carbonyl (C=O) groups is 3. The lowest BCUT2D eigenvalue weighted by atomic mass is 10.1.